The first-order chi connectivity index (χ1) is 9.16. The van der Waals surface area contributed by atoms with Gasteiger partial charge in [-0.25, -0.2) is 0 Å². The van der Waals surface area contributed by atoms with Crippen LogP contribution in [-0.2, 0) is 0 Å². The van der Waals surface area contributed by atoms with Crippen LogP contribution in [0.4, 0.5) is 5.69 Å². The van der Waals surface area contributed by atoms with Gasteiger partial charge in [0.15, 0.2) is 0 Å². The molecule has 96 valence electrons. The number of carbonyl (C=O) groups is 1. The van der Waals surface area contributed by atoms with E-state index < -0.39 is 0 Å². The zero-order chi connectivity index (χ0) is 13.4. The van der Waals surface area contributed by atoms with E-state index in [1.807, 2.05) is 38.2 Å². The molecule has 0 aliphatic carbocycles. The highest BCUT2D eigenvalue weighted by atomic mass is 16.1. The smallest absolute Gasteiger partial charge is 0.257 e. The number of hydrogen-bond donors (Lipinski definition) is 3. The molecular weight excluding hydrogens is 240 g/mol. The molecule has 3 aromatic rings. The number of anilines is 1. The number of nitrogens with one attached hydrogen (secondary N) is 3. The molecule has 1 aromatic carbocycles. The summed E-state index contributed by atoms with van der Waals surface area (Å²) in [6.45, 7) is 3.74. The lowest BCUT2D eigenvalue weighted by Crippen LogP contribution is -2.13. The quantitative estimate of drug-likeness (QED) is 0.658. The number of aryl methyl sites for hydroxylation is 2. The average molecular weight is 254 g/mol. The molecule has 0 atom stereocenters. The number of H-pyrrole nitrogens is 2. The Balaban J connectivity index is 1.99. The third-order valence-corrected chi connectivity index (χ3v) is 3.20. The number of aromatic nitrogens is 3. The Labute approximate surface area is 110 Å². The van der Waals surface area contributed by atoms with Crippen LogP contribution in [0.1, 0.15) is 21.7 Å². The molecule has 3 rings (SSSR count). The van der Waals surface area contributed by atoms with E-state index in [0.29, 0.717) is 5.56 Å². The third-order valence-electron chi connectivity index (χ3n) is 3.20. The van der Waals surface area contributed by atoms with Crippen LogP contribution < -0.4 is 5.32 Å². The predicted molar refractivity (Wildman–Crippen MR) is 74.3 cm³/mol. The van der Waals surface area contributed by atoms with Crippen LogP contribution in [0, 0.1) is 13.8 Å². The fourth-order valence-electron chi connectivity index (χ4n) is 2.19. The summed E-state index contributed by atoms with van der Waals surface area (Å²) in [5.41, 5.74) is 3.85. The van der Waals surface area contributed by atoms with E-state index in [1.54, 1.807) is 6.07 Å². The Kier molecular flexibility index (Phi) is 2.59. The van der Waals surface area contributed by atoms with E-state index in [0.717, 1.165) is 28.0 Å². The van der Waals surface area contributed by atoms with Gasteiger partial charge in [-0.05, 0) is 26.0 Å². The number of para-hydroxylation sites is 1. The maximum atomic E-state index is 12.4. The van der Waals surface area contributed by atoms with Gasteiger partial charge in [0.05, 0.1) is 28.2 Å². The molecule has 0 fully saturated rings. The average Bonchev–Trinajstić information content (AvgIpc) is 2.99. The van der Waals surface area contributed by atoms with Crippen LogP contribution in [0.15, 0.2) is 30.5 Å². The standard InChI is InChI=1S/C14H14N4O/c1-8-12(9(2)18-17-8)16-14(19)11-5-3-4-10-6-7-15-13(10)11/h3-7,15H,1-2H3,(H,16,19)(H,17,18). The highest BCUT2D eigenvalue weighted by Crippen LogP contribution is 2.21. The molecule has 3 N–H and O–H groups in total. The monoisotopic (exact) mass is 254 g/mol. The number of aromatic amines is 2. The summed E-state index contributed by atoms with van der Waals surface area (Å²) >= 11 is 0. The van der Waals surface area contributed by atoms with Gasteiger partial charge in [-0.15, -0.1) is 0 Å². The van der Waals surface area contributed by atoms with Crippen LogP contribution in [0.2, 0.25) is 0 Å². The minimum absolute atomic E-state index is 0.138. The van der Waals surface area contributed by atoms with Crippen molar-refractivity contribution in [2.24, 2.45) is 0 Å². The first kappa shape index (κ1) is 11.5. The number of benzene rings is 1. The zero-order valence-electron chi connectivity index (χ0n) is 10.7. The second-order valence-electron chi connectivity index (χ2n) is 4.51. The van der Waals surface area contributed by atoms with Gasteiger partial charge in [-0.2, -0.15) is 5.10 Å². The second kappa shape index (κ2) is 4.28. The molecule has 0 spiro atoms. The Morgan fingerprint density at radius 1 is 1.26 bits per heavy atom. The van der Waals surface area contributed by atoms with Crippen molar-refractivity contribution in [3.05, 3.63) is 47.4 Å². The van der Waals surface area contributed by atoms with Gasteiger partial charge in [-0.3, -0.25) is 9.89 Å². The minimum Gasteiger partial charge on any atom is -0.361 e. The fraction of sp³-hybridized carbons (Fsp3) is 0.143. The summed E-state index contributed by atoms with van der Waals surface area (Å²) in [5, 5.41) is 10.8. The van der Waals surface area contributed by atoms with Crippen LogP contribution in [-0.4, -0.2) is 21.1 Å². The number of nitrogens with zero attached hydrogens (tertiary/aromatic N) is 1. The zero-order valence-corrected chi connectivity index (χ0v) is 10.7. The number of fused-ring (bicyclic) bond motifs is 1. The van der Waals surface area contributed by atoms with E-state index in [9.17, 15) is 4.79 Å². The minimum atomic E-state index is -0.138. The Morgan fingerprint density at radius 3 is 2.84 bits per heavy atom. The molecule has 0 aliphatic rings. The largest absolute Gasteiger partial charge is 0.361 e. The van der Waals surface area contributed by atoms with E-state index in [4.69, 9.17) is 0 Å². The van der Waals surface area contributed by atoms with E-state index >= 15 is 0 Å². The molecule has 1 amide bonds. The molecule has 0 saturated heterocycles. The topological polar surface area (TPSA) is 73.6 Å². The molecule has 0 saturated carbocycles. The normalized spacial score (nSPS) is 10.8. The molecule has 19 heavy (non-hydrogen) atoms. The molecule has 5 nitrogen and oxygen atoms in total. The van der Waals surface area contributed by atoms with Crippen molar-refractivity contribution in [2.75, 3.05) is 5.32 Å². The number of amides is 1. The number of hydrogen-bond acceptors (Lipinski definition) is 2. The summed E-state index contributed by atoms with van der Waals surface area (Å²) < 4.78 is 0. The molecular formula is C14H14N4O. The Morgan fingerprint density at radius 2 is 2.11 bits per heavy atom. The highest BCUT2D eigenvalue weighted by Gasteiger charge is 2.14. The van der Waals surface area contributed by atoms with Crippen LogP contribution in [0.3, 0.4) is 0 Å². The molecule has 0 aliphatic heterocycles. The summed E-state index contributed by atoms with van der Waals surface area (Å²) in [6.07, 6.45) is 1.83. The van der Waals surface area contributed by atoms with Crippen LogP contribution in [0.5, 0.6) is 0 Å². The summed E-state index contributed by atoms with van der Waals surface area (Å²) in [4.78, 5) is 15.4. The molecule has 0 unspecified atom stereocenters. The van der Waals surface area contributed by atoms with Crippen molar-refractivity contribution in [3.8, 4) is 0 Å². The summed E-state index contributed by atoms with van der Waals surface area (Å²) in [7, 11) is 0. The summed E-state index contributed by atoms with van der Waals surface area (Å²) in [6, 6.07) is 7.59. The first-order valence-electron chi connectivity index (χ1n) is 6.06. The maximum Gasteiger partial charge on any atom is 0.257 e. The van der Waals surface area contributed by atoms with Gasteiger partial charge in [0.1, 0.15) is 0 Å². The lowest BCUT2D eigenvalue weighted by atomic mass is 10.1. The Bertz CT molecular complexity index is 734. The third kappa shape index (κ3) is 1.89. The van der Waals surface area contributed by atoms with E-state index in [1.165, 1.54) is 0 Å². The highest BCUT2D eigenvalue weighted by molar-refractivity contribution is 6.12. The fourth-order valence-corrected chi connectivity index (χ4v) is 2.19. The first-order valence-corrected chi connectivity index (χ1v) is 6.06. The van der Waals surface area contributed by atoms with Gasteiger partial charge in [0.25, 0.3) is 5.91 Å². The van der Waals surface area contributed by atoms with Gasteiger partial charge in [0.2, 0.25) is 0 Å². The number of rotatable bonds is 2. The van der Waals surface area contributed by atoms with Crippen LogP contribution in [0.25, 0.3) is 10.9 Å². The van der Waals surface area contributed by atoms with Gasteiger partial charge in [-0.1, -0.05) is 12.1 Å². The number of carbonyl (C=O) groups excluding carboxylic acids is 1. The van der Waals surface area contributed by atoms with E-state index in [2.05, 4.69) is 20.5 Å². The predicted octanol–water partition coefficient (Wildman–Crippen LogP) is 2.76. The SMILES string of the molecule is Cc1n[nH]c(C)c1NC(=O)c1cccc2cc[nH]c12. The van der Waals surface area contributed by atoms with Gasteiger partial charge in [0, 0.05) is 11.6 Å². The molecule has 2 heterocycles. The maximum absolute atomic E-state index is 12.4. The Hall–Kier alpha value is -2.56. The van der Waals surface area contributed by atoms with E-state index in [-0.39, 0.29) is 5.91 Å². The summed E-state index contributed by atoms with van der Waals surface area (Å²) in [5.74, 6) is -0.138. The van der Waals surface area contributed by atoms with Crippen molar-refractivity contribution in [1.29, 1.82) is 0 Å². The molecule has 0 radical (unpaired) electrons. The second-order valence-corrected chi connectivity index (χ2v) is 4.51. The lowest BCUT2D eigenvalue weighted by Gasteiger charge is -2.06. The van der Waals surface area contributed by atoms with Gasteiger partial charge < -0.3 is 10.3 Å². The van der Waals surface area contributed by atoms with Crippen molar-refractivity contribution in [3.63, 3.8) is 0 Å². The molecule has 0 bridgehead atoms. The van der Waals surface area contributed by atoms with Crippen molar-refractivity contribution < 1.29 is 4.79 Å². The van der Waals surface area contributed by atoms with Crippen molar-refractivity contribution in [1.82, 2.24) is 15.2 Å². The van der Waals surface area contributed by atoms with Crippen molar-refractivity contribution in [2.45, 2.75) is 13.8 Å². The van der Waals surface area contributed by atoms with Gasteiger partial charge >= 0.3 is 0 Å². The lowest BCUT2D eigenvalue weighted by molar-refractivity contribution is 0.102. The molecule has 5 heteroatoms. The van der Waals surface area contributed by atoms with Crippen molar-refractivity contribution >= 4 is 22.5 Å². The molecule has 2 aromatic heterocycles. The van der Waals surface area contributed by atoms with Crippen LogP contribution >= 0.6 is 0 Å².